The second-order valence-corrected chi connectivity index (χ2v) is 16.2. The molecule has 0 amide bonds. The minimum Gasteiger partial charge on any atom is -0.458 e. The molecule has 6 fully saturated rings. The predicted molar refractivity (Wildman–Crippen MR) is 164 cm³/mol. The van der Waals surface area contributed by atoms with E-state index in [2.05, 4.69) is 0 Å². The van der Waals surface area contributed by atoms with Gasteiger partial charge in [-0.05, 0) is 68.3 Å². The van der Waals surface area contributed by atoms with E-state index >= 15 is 0 Å². The van der Waals surface area contributed by atoms with E-state index < -0.39 is 102 Å². The molecule has 0 bridgehead atoms. The third-order valence-electron chi connectivity index (χ3n) is 13.9. The van der Waals surface area contributed by atoms with E-state index in [1.54, 1.807) is 0 Å². The highest BCUT2D eigenvalue weighted by atomic mass is 16.7. The maximum Gasteiger partial charge on any atom is 0.331 e. The van der Waals surface area contributed by atoms with E-state index in [1.807, 2.05) is 13.8 Å². The Kier molecular flexibility index (Phi) is 9.33. The van der Waals surface area contributed by atoms with Crippen molar-refractivity contribution < 1.29 is 74.4 Å². The van der Waals surface area contributed by atoms with Gasteiger partial charge >= 0.3 is 5.97 Å². The van der Waals surface area contributed by atoms with Crippen LogP contribution in [-0.4, -0.2) is 150 Å². The van der Waals surface area contributed by atoms with Crippen LogP contribution in [0.5, 0.6) is 0 Å². The summed E-state index contributed by atoms with van der Waals surface area (Å²) >= 11 is 0. The van der Waals surface area contributed by atoms with E-state index in [4.69, 9.17) is 23.7 Å². The number of hydrogen-bond donors (Lipinski definition) is 9. The first-order valence-corrected chi connectivity index (χ1v) is 17.7. The fourth-order valence-electron chi connectivity index (χ4n) is 11.2. The average molecular weight is 701 g/mol. The van der Waals surface area contributed by atoms with Crippen molar-refractivity contribution in [3.05, 3.63) is 11.6 Å². The lowest BCUT2D eigenvalue weighted by molar-refractivity contribution is -0.358. The Bertz CT molecular complexity index is 1300. The van der Waals surface area contributed by atoms with Gasteiger partial charge in [0.15, 0.2) is 12.6 Å². The molecule has 49 heavy (non-hydrogen) atoms. The molecular weight excluding hydrogens is 648 g/mol. The number of cyclic esters (lactones) is 1. The molecule has 0 aromatic rings. The fourth-order valence-corrected chi connectivity index (χ4v) is 11.2. The second kappa shape index (κ2) is 12.7. The molecule has 4 saturated carbocycles. The molecule has 7 rings (SSSR count). The highest BCUT2D eigenvalue weighted by molar-refractivity contribution is 5.85. The molecule has 0 unspecified atom stereocenters. The van der Waals surface area contributed by atoms with Crippen molar-refractivity contribution in [2.45, 2.75) is 144 Å². The van der Waals surface area contributed by atoms with Crippen LogP contribution in [0.4, 0.5) is 0 Å². The minimum absolute atomic E-state index is 0.0953. The molecule has 15 nitrogen and oxygen atoms in total. The second-order valence-electron chi connectivity index (χ2n) is 16.2. The Hall–Kier alpha value is -1.31. The Morgan fingerprint density at radius 1 is 0.837 bits per heavy atom. The first-order valence-electron chi connectivity index (χ1n) is 17.7. The van der Waals surface area contributed by atoms with Gasteiger partial charge in [0.05, 0.1) is 36.6 Å². The van der Waals surface area contributed by atoms with Gasteiger partial charge in [-0.25, -0.2) is 4.79 Å². The van der Waals surface area contributed by atoms with Crippen molar-refractivity contribution in [1.82, 2.24) is 0 Å². The van der Waals surface area contributed by atoms with Crippen LogP contribution < -0.4 is 0 Å². The van der Waals surface area contributed by atoms with E-state index in [-0.39, 0.29) is 37.4 Å². The minimum atomic E-state index is -1.66. The van der Waals surface area contributed by atoms with Crippen molar-refractivity contribution in [3.8, 4) is 0 Å². The largest absolute Gasteiger partial charge is 0.458 e. The van der Waals surface area contributed by atoms with E-state index in [1.165, 1.54) is 6.08 Å². The highest BCUT2D eigenvalue weighted by Crippen LogP contribution is 2.70. The zero-order valence-electron chi connectivity index (χ0n) is 27.9. The van der Waals surface area contributed by atoms with Crippen molar-refractivity contribution in [3.63, 3.8) is 0 Å². The molecule has 0 radical (unpaired) electrons. The number of rotatable bonds is 6. The Balaban J connectivity index is 1.03. The zero-order valence-corrected chi connectivity index (χ0v) is 27.9. The molecule has 15 heteroatoms. The van der Waals surface area contributed by atoms with Gasteiger partial charge in [0.1, 0.15) is 49.3 Å². The average Bonchev–Trinajstić information content (AvgIpc) is 3.60. The lowest BCUT2D eigenvalue weighted by atomic mass is 9.41. The monoisotopic (exact) mass is 700 g/mol. The molecule has 0 aromatic heterocycles. The molecule has 3 heterocycles. The number of aliphatic hydroxyl groups excluding tert-OH is 7. The van der Waals surface area contributed by atoms with Crippen LogP contribution in [0, 0.1) is 28.6 Å². The summed E-state index contributed by atoms with van der Waals surface area (Å²) < 4.78 is 28.1. The van der Waals surface area contributed by atoms with Gasteiger partial charge in [-0.15, -0.1) is 0 Å². The van der Waals surface area contributed by atoms with Crippen LogP contribution in [0.2, 0.25) is 0 Å². The SMILES string of the molecule is C[C@]12CC[C@@H](O[C@H]3O[C@H](CO)[C@@H](O[C@H]4OC[C@H](O)[C@@H](O)[C@H]4O)[C@@H](O)[C@H]3O)C[C@@]1(O)CC[C@@H]1[C@@H]2[C@H](O)C[C@]2(C)[C@H](C3=CC(=O)OC3)CC[C@]12O. The third-order valence-corrected chi connectivity index (χ3v) is 13.9. The topological polar surface area (TPSA) is 245 Å². The summed E-state index contributed by atoms with van der Waals surface area (Å²) in [5.41, 5.74) is -2.96. The Labute approximate surface area is 284 Å². The summed E-state index contributed by atoms with van der Waals surface area (Å²) in [7, 11) is 0. The molecular formula is C34H52O15. The van der Waals surface area contributed by atoms with Gasteiger partial charge in [-0.3, -0.25) is 0 Å². The molecule has 278 valence electrons. The van der Waals surface area contributed by atoms with Gasteiger partial charge < -0.3 is 69.6 Å². The van der Waals surface area contributed by atoms with Gasteiger partial charge in [-0.2, -0.15) is 0 Å². The summed E-state index contributed by atoms with van der Waals surface area (Å²) in [6, 6.07) is 0. The molecule has 2 saturated heterocycles. The van der Waals surface area contributed by atoms with E-state index in [0.717, 1.165) is 5.57 Å². The van der Waals surface area contributed by atoms with Gasteiger partial charge in [0.2, 0.25) is 0 Å². The number of carbonyl (C=O) groups excluding carboxylic acids is 1. The third kappa shape index (κ3) is 5.46. The van der Waals surface area contributed by atoms with Gasteiger partial charge in [-0.1, -0.05) is 13.8 Å². The van der Waals surface area contributed by atoms with Gasteiger partial charge in [0, 0.05) is 23.3 Å². The van der Waals surface area contributed by atoms with Crippen molar-refractivity contribution >= 4 is 5.97 Å². The van der Waals surface area contributed by atoms with Crippen LogP contribution >= 0.6 is 0 Å². The number of aliphatic hydroxyl groups is 9. The van der Waals surface area contributed by atoms with Crippen LogP contribution in [0.15, 0.2) is 11.6 Å². The molecule has 9 N–H and O–H groups in total. The van der Waals surface area contributed by atoms with Crippen molar-refractivity contribution in [2.24, 2.45) is 28.6 Å². The maximum absolute atomic E-state index is 12.5. The summed E-state index contributed by atoms with van der Waals surface area (Å²) in [5, 5.41) is 98.8. The maximum atomic E-state index is 12.5. The molecule has 18 atom stereocenters. The summed E-state index contributed by atoms with van der Waals surface area (Å²) in [6.07, 6.45) is -9.88. The Morgan fingerprint density at radius 2 is 1.57 bits per heavy atom. The van der Waals surface area contributed by atoms with Gasteiger partial charge in [0.25, 0.3) is 0 Å². The quantitative estimate of drug-likeness (QED) is 0.107. The lowest BCUT2D eigenvalue weighted by Crippen LogP contribution is -2.71. The predicted octanol–water partition coefficient (Wildman–Crippen LogP) is -2.02. The number of carbonyl (C=O) groups is 1. The zero-order chi connectivity index (χ0) is 35.3. The van der Waals surface area contributed by atoms with Crippen molar-refractivity contribution in [1.29, 1.82) is 0 Å². The highest BCUT2D eigenvalue weighted by Gasteiger charge is 2.72. The Morgan fingerprint density at radius 3 is 2.27 bits per heavy atom. The normalized spacial score (nSPS) is 56.0. The summed E-state index contributed by atoms with van der Waals surface area (Å²) in [5.74, 6) is -1.15. The lowest BCUT2D eigenvalue weighted by Gasteiger charge is -2.67. The molecule has 4 aliphatic carbocycles. The van der Waals surface area contributed by atoms with Crippen LogP contribution in [0.1, 0.15) is 65.2 Å². The molecule has 0 spiro atoms. The van der Waals surface area contributed by atoms with Crippen LogP contribution in [0.25, 0.3) is 0 Å². The first-order chi connectivity index (χ1) is 23.1. The molecule has 0 aromatic carbocycles. The van der Waals surface area contributed by atoms with E-state index in [0.29, 0.717) is 44.9 Å². The number of esters is 1. The smallest absolute Gasteiger partial charge is 0.331 e. The van der Waals surface area contributed by atoms with Crippen LogP contribution in [-0.2, 0) is 28.5 Å². The van der Waals surface area contributed by atoms with Crippen LogP contribution in [0.3, 0.4) is 0 Å². The number of fused-ring (bicyclic) bond motifs is 5. The first kappa shape index (κ1) is 36.1. The van der Waals surface area contributed by atoms with E-state index in [9.17, 15) is 50.8 Å². The standard InChI is InChI=1S/C34H52O15/c1-31-6-3-16(47-30-27(42)25(40)28(21(12-35)48-30)49-29-26(41)24(39)20(37)14-46-29)10-33(31,43)7-4-18-23(31)19(36)11-32(2)17(5-8-34(18,32)44)15-9-22(38)45-13-15/h9,16-21,23-30,35-37,39-44H,3-8,10-14H2,1-2H3/t16-,17+,18-,19-,20+,21-,23-,24-,25+,26-,27-,28-,29-,30+,31-,32-,33+,34+/m1/s1. The fraction of sp³-hybridized carbons (Fsp3) is 0.912. The summed E-state index contributed by atoms with van der Waals surface area (Å²) in [6.45, 7) is 3.19. The van der Waals surface area contributed by atoms with Crippen molar-refractivity contribution in [2.75, 3.05) is 19.8 Å². The number of ether oxygens (including phenoxy) is 5. The summed E-state index contributed by atoms with van der Waals surface area (Å²) in [4.78, 5) is 11.9. The molecule has 7 aliphatic rings. The number of hydrogen-bond acceptors (Lipinski definition) is 15. The molecule has 3 aliphatic heterocycles.